The molecule has 4 heteroatoms. The summed E-state index contributed by atoms with van der Waals surface area (Å²) in [6.45, 7) is 0. The molecule has 3 nitrogen and oxygen atoms in total. The van der Waals surface area contributed by atoms with Gasteiger partial charge < -0.3 is 9.67 Å². The molecule has 0 amide bonds. The Kier molecular flexibility index (Phi) is 2.90. The van der Waals surface area contributed by atoms with Crippen LogP contribution in [0.4, 0.5) is 0 Å². The van der Waals surface area contributed by atoms with Crippen LogP contribution in [0.3, 0.4) is 0 Å². The molecular formula is C14H14BrNO2. The summed E-state index contributed by atoms with van der Waals surface area (Å²) in [7, 11) is 0. The minimum atomic E-state index is -0.870. The monoisotopic (exact) mass is 307 g/mol. The van der Waals surface area contributed by atoms with Crippen LogP contribution < -0.4 is 0 Å². The van der Waals surface area contributed by atoms with E-state index in [0.717, 1.165) is 15.4 Å². The third-order valence-electron chi connectivity index (χ3n) is 3.75. The number of aromatic nitrogens is 1. The number of benzene rings is 1. The summed E-state index contributed by atoms with van der Waals surface area (Å²) < 4.78 is 3.06. The fourth-order valence-electron chi connectivity index (χ4n) is 2.91. The predicted octanol–water partition coefficient (Wildman–Crippen LogP) is 4.22. The van der Waals surface area contributed by atoms with E-state index in [9.17, 15) is 9.90 Å². The first-order valence-corrected chi connectivity index (χ1v) is 6.99. The number of halogens is 1. The third kappa shape index (κ3) is 1.85. The second kappa shape index (κ2) is 4.43. The van der Waals surface area contributed by atoms with Gasteiger partial charge in [-0.1, -0.05) is 28.8 Å². The van der Waals surface area contributed by atoms with Crippen LogP contribution in [-0.2, 0) is 0 Å². The fourth-order valence-corrected chi connectivity index (χ4v) is 3.35. The van der Waals surface area contributed by atoms with Gasteiger partial charge in [-0.15, -0.1) is 0 Å². The summed E-state index contributed by atoms with van der Waals surface area (Å²) in [5.41, 5.74) is 1.39. The SMILES string of the molecule is O=C(O)c1cc(Br)cc2c1ccn2C1CCCC1. The fraction of sp³-hybridized carbons (Fsp3) is 0.357. The van der Waals surface area contributed by atoms with Gasteiger partial charge in [-0.25, -0.2) is 4.79 Å². The van der Waals surface area contributed by atoms with E-state index in [0.29, 0.717) is 11.6 Å². The molecule has 2 aromatic rings. The molecule has 18 heavy (non-hydrogen) atoms. The van der Waals surface area contributed by atoms with Crippen LogP contribution in [-0.4, -0.2) is 15.6 Å². The lowest BCUT2D eigenvalue weighted by Gasteiger charge is -2.13. The molecule has 0 bridgehead atoms. The Morgan fingerprint density at radius 3 is 2.72 bits per heavy atom. The topological polar surface area (TPSA) is 42.2 Å². The Morgan fingerprint density at radius 2 is 2.06 bits per heavy atom. The molecule has 1 saturated carbocycles. The molecule has 1 N–H and O–H groups in total. The van der Waals surface area contributed by atoms with Gasteiger partial charge in [0.05, 0.1) is 11.1 Å². The summed E-state index contributed by atoms with van der Waals surface area (Å²) in [5, 5.41) is 10.1. The maximum absolute atomic E-state index is 11.3. The molecule has 1 aliphatic carbocycles. The largest absolute Gasteiger partial charge is 0.478 e. The van der Waals surface area contributed by atoms with Gasteiger partial charge >= 0.3 is 5.97 Å². The quantitative estimate of drug-likeness (QED) is 0.902. The minimum Gasteiger partial charge on any atom is -0.478 e. The first kappa shape index (κ1) is 11.8. The molecule has 0 atom stereocenters. The van der Waals surface area contributed by atoms with E-state index in [1.165, 1.54) is 25.7 Å². The number of carbonyl (C=O) groups is 1. The maximum atomic E-state index is 11.3. The summed E-state index contributed by atoms with van der Waals surface area (Å²) in [4.78, 5) is 11.3. The number of carboxylic acids is 1. The Hall–Kier alpha value is -1.29. The van der Waals surface area contributed by atoms with E-state index < -0.39 is 5.97 Å². The Bertz CT molecular complexity index is 612. The minimum absolute atomic E-state index is 0.371. The maximum Gasteiger partial charge on any atom is 0.336 e. The molecule has 0 unspecified atom stereocenters. The first-order valence-electron chi connectivity index (χ1n) is 6.20. The molecule has 3 rings (SSSR count). The highest BCUT2D eigenvalue weighted by Gasteiger charge is 2.20. The van der Waals surface area contributed by atoms with E-state index in [1.807, 2.05) is 18.3 Å². The molecule has 1 aliphatic rings. The van der Waals surface area contributed by atoms with Crippen molar-refractivity contribution >= 4 is 32.8 Å². The van der Waals surface area contributed by atoms with Gasteiger partial charge in [0.1, 0.15) is 0 Å². The van der Waals surface area contributed by atoms with Gasteiger partial charge in [0.2, 0.25) is 0 Å². The molecule has 1 aromatic heterocycles. The predicted molar refractivity (Wildman–Crippen MR) is 74.1 cm³/mol. The summed E-state index contributed by atoms with van der Waals surface area (Å²) in [5.74, 6) is -0.870. The van der Waals surface area contributed by atoms with Gasteiger partial charge in [0.15, 0.2) is 0 Å². The van der Waals surface area contributed by atoms with E-state index >= 15 is 0 Å². The number of carboxylic acid groups (broad SMARTS) is 1. The molecular weight excluding hydrogens is 294 g/mol. The molecule has 0 aliphatic heterocycles. The highest BCUT2D eigenvalue weighted by Crippen LogP contribution is 2.34. The van der Waals surface area contributed by atoms with Gasteiger partial charge in [-0.2, -0.15) is 0 Å². The molecule has 1 fully saturated rings. The van der Waals surface area contributed by atoms with Crippen LogP contribution in [0.2, 0.25) is 0 Å². The molecule has 0 saturated heterocycles. The number of hydrogen-bond donors (Lipinski definition) is 1. The van der Waals surface area contributed by atoms with Crippen molar-refractivity contribution < 1.29 is 9.90 Å². The second-order valence-electron chi connectivity index (χ2n) is 4.85. The van der Waals surface area contributed by atoms with Crippen LogP contribution >= 0.6 is 15.9 Å². The van der Waals surface area contributed by atoms with Crippen molar-refractivity contribution in [3.05, 3.63) is 34.4 Å². The van der Waals surface area contributed by atoms with Crippen LogP contribution in [0.1, 0.15) is 42.1 Å². The number of aromatic carboxylic acids is 1. The zero-order valence-corrected chi connectivity index (χ0v) is 11.5. The lowest BCUT2D eigenvalue weighted by Crippen LogP contribution is -2.03. The van der Waals surface area contributed by atoms with E-state index in [4.69, 9.17) is 0 Å². The van der Waals surface area contributed by atoms with E-state index in [1.54, 1.807) is 6.07 Å². The molecule has 1 heterocycles. The van der Waals surface area contributed by atoms with Crippen LogP contribution in [0.15, 0.2) is 28.9 Å². The summed E-state index contributed by atoms with van der Waals surface area (Å²) in [6, 6.07) is 6.13. The van der Waals surface area contributed by atoms with Crippen molar-refractivity contribution in [2.24, 2.45) is 0 Å². The number of hydrogen-bond acceptors (Lipinski definition) is 1. The van der Waals surface area contributed by atoms with E-state index in [2.05, 4.69) is 20.5 Å². The standard InChI is InChI=1S/C14H14BrNO2/c15-9-7-12(14(17)18)11-5-6-16(13(11)8-9)10-3-1-2-4-10/h5-8,10H,1-4H2,(H,17,18). The van der Waals surface area contributed by atoms with Gasteiger partial charge in [0, 0.05) is 22.1 Å². The Labute approximate surface area is 114 Å². The second-order valence-corrected chi connectivity index (χ2v) is 5.77. The molecule has 1 aromatic carbocycles. The third-order valence-corrected chi connectivity index (χ3v) is 4.21. The molecule has 94 valence electrons. The number of nitrogens with zero attached hydrogens (tertiary/aromatic N) is 1. The number of rotatable bonds is 2. The van der Waals surface area contributed by atoms with Crippen LogP contribution in [0.5, 0.6) is 0 Å². The molecule has 0 radical (unpaired) electrons. The summed E-state index contributed by atoms with van der Waals surface area (Å²) in [6.07, 6.45) is 6.95. The smallest absolute Gasteiger partial charge is 0.336 e. The molecule has 0 spiro atoms. The van der Waals surface area contributed by atoms with Crippen molar-refractivity contribution in [3.63, 3.8) is 0 Å². The average Bonchev–Trinajstić information content (AvgIpc) is 2.94. The van der Waals surface area contributed by atoms with E-state index in [-0.39, 0.29) is 0 Å². The van der Waals surface area contributed by atoms with Crippen molar-refractivity contribution in [1.82, 2.24) is 4.57 Å². The Morgan fingerprint density at radius 1 is 1.33 bits per heavy atom. The van der Waals surface area contributed by atoms with Crippen molar-refractivity contribution in [3.8, 4) is 0 Å². The van der Waals surface area contributed by atoms with Crippen molar-refractivity contribution in [2.45, 2.75) is 31.7 Å². The normalized spacial score (nSPS) is 16.5. The van der Waals surface area contributed by atoms with Crippen LogP contribution in [0, 0.1) is 0 Å². The Balaban J connectivity index is 2.20. The highest BCUT2D eigenvalue weighted by molar-refractivity contribution is 9.10. The number of fused-ring (bicyclic) bond motifs is 1. The zero-order chi connectivity index (χ0) is 12.7. The van der Waals surface area contributed by atoms with Gasteiger partial charge in [-0.3, -0.25) is 0 Å². The summed E-state index contributed by atoms with van der Waals surface area (Å²) >= 11 is 3.40. The lowest BCUT2D eigenvalue weighted by molar-refractivity contribution is 0.0699. The lowest BCUT2D eigenvalue weighted by atomic mass is 10.1. The highest BCUT2D eigenvalue weighted by atomic mass is 79.9. The average molecular weight is 308 g/mol. The van der Waals surface area contributed by atoms with Crippen molar-refractivity contribution in [2.75, 3.05) is 0 Å². The zero-order valence-electron chi connectivity index (χ0n) is 9.90. The first-order chi connectivity index (χ1) is 8.66. The van der Waals surface area contributed by atoms with Crippen LogP contribution in [0.25, 0.3) is 10.9 Å². The van der Waals surface area contributed by atoms with Gasteiger partial charge in [0.25, 0.3) is 0 Å². The van der Waals surface area contributed by atoms with Crippen molar-refractivity contribution in [1.29, 1.82) is 0 Å². The van der Waals surface area contributed by atoms with Gasteiger partial charge in [-0.05, 0) is 31.0 Å².